The van der Waals surface area contributed by atoms with E-state index in [2.05, 4.69) is 59.9 Å². The van der Waals surface area contributed by atoms with Crippen molar-refractivity contribution in [2.75, 3.05) is 5.32 Å². The Morgan fingerprint density at radius 2 is 1.86 bits per heavy atom. The van der Waals surface area contributed by atoms with Gasteiger partial charge in [-0.25, -0.2) is 0 Å². The second-order valence-electron chi connectivity index (χ2n) is 6.69. The van der Waals surface area contributed by atoms with Gasteiger partial charge in [0.15, 0.2) is 0 Å². The average Bonchev–Trinajstić information content (AvgIpc) is 3.04. The standard InChI is InChI=1S/C20H19N/c1-2-6-17-13(4-1)10-15-11-16(8-9-18(15)17)21-20-12-14-5-3-7-19(14)20/h1-4,6-9,11,14,19-21H,5,10,12H2. The zero-order valence-corrected chi connectivity index (χ0v) is 12.0. The van der Waals surface area contributed by atoms with Gasteiger partial charge >= 0.3 is 0 Å². The number of nitrogens with one attached hydrogen (secondary N) is 1. The number of allylic oxidation sites excluding steroid dienone is 1. The molecular formula is C20H19N. The van der Waals surface area contributed by atoms with Gasteiger partial charge in [-0.3, -0.25) is 0 Å². The molecule has 0 radical (unpaired) electrons. The van der Waals surface area contributed by atoms with Crippen LogP contribution in [0.2, 0.25) is 0 Å². The summed E-state index contributed by atoms with van der Waals surface area (Å²) in [6, 6.07) is 16.3. The number of anilines is 1. The molecule has 0 heterocycles. The molecular weight excluding hydrogens is 254 g/mol. The third-order valence-electron chi connectivity index (χ3n) is 5.51. The summed E-state index contributed by atoms with van der Waals surface area (Å²) in [5.74, 6) is 1.69. The highest BCUT2D eigenvalue weighted by Gasteiger charge is 2.40. The summed E-state index contributed by atoms with van der Waals surface area (Å²) in [6.07, 6.45) is 8.47. The van der Waals surface area contributed by atoms with Crippen molar-refractivity contribution in [1.82, 2.24) is 0 Å². The molecule has 104 valence electrons. The first-order valence-corrected chi connectivity index (χ1v) is 8.03. The maximum atomic E-state index is 3.76. The van der Waals surface area contributed by atoms with Crippen LogP contribution in [0.4, 0.5) is 5.69 Å². The van der Waals surface area contributed by atoms with E-state index in [-0.39, 0.29) is 0 Å². The number of hydrogen-bond donors (Lipinski definition) is 1. The summed E-state index contributed by atoms with van der Waals surface area (Å²) in [4.78, 5) is 0. The Labute approximate surface area is 125 Å². The van der Waals surface area contributed by atoms with E-state index in [1.807, 2.05) is 0 Å². The van der Waals surface area contributed by atoms with Crippen LogP contribution in [0.15, 0.2) is 54.6 Å². The van der Waals surface area contributed by atoms with Crippen molar-refractivity contribution < 1.29 is 0 Å². The second-order valence-corrected chi connectivity index (χ2v) is 6.69. The minimum atomic E-state index is 0.649. The van der Waals surface area contributed by atoms with E-state index in [0.29, 0.717) is 6.04 Å². The molecule has 0 bridgehead atoms. The van der Waals surface area contributed by atoms with Gasteiger partial charge in [-0.1, -0.05) is 42.5 Å². The number of rotatable bonds is 2. The van der Waals surface area contributed by atoms with E-state index in [0.717, 1.165) is 18.3 Å². The lowest BCUT2D eigenvalue weighted by molar-refractivity contribution is 0.218. The normalized spacial score (nSPS) is 27.7. The lowest BCUT2D eigenvalue weighted by atomic mass is 9.71. The molecule has 1 nitrogen and oxygen atoms in total. The molecule has 0 aromatic heterocycles. The molecule has 0 spiro atoms. The molecule has 3 unspecified atom stereocenters. The lowest BCUT2D eigenvalue weighted by Gasteiger charge is -2.41. The summed E-state index contributed by atoms with van der Waals surface area (Å²) < 4.78 is 0. The monoisotopic (exact) mass is 273 g/mol. The molecule has 0 aliphatic heterocycles. The van der Waals surface area contributed by atoms with Gasteiger partial charge in [0.25, 0.3) is 0 Å². The summed E-state index contributed by atoms with van der Waals surface area (Å²) >= 11 is 0. The fourth-order valence-electron chi connectivity index (χ4n) is 4.33. The Hall–Kier alpha value is -2.02. The molecule has 3 aliphatic carbocycles. The van der Waals surface area contributed by atoms with Crippen LogP contribution in [-0.4, -0.2) is 6.04 Å². The SMILES string of the molecule is C1=CC2C(C1)CC2Nc1ccc2c(c1)Cc1ccccc1-2. The maximum absolute atomic E-state index is 3.76. The van der Waals surface area contributed by atoms with Crippen molar-refractivity contribution in [2.45, 2.75) is 25.3 Å². The van der Waals surface area contributed by atoms with E-state index in [1.54, 1.807) is 0 Å². The van der Waals surface area contributed by atoms with Crippen molar-refractivity contribution >= 4 is 5.69 Å². The largest absolute Gasteiger partial charge is 0.382 e. The predicted octanol–water partition coefficient (Wildman–Crippen LogP) is 4.63. The highest BCUT2D eigenvalue weighted by atomic mass is 15.0. The van der Waals surface area contributed by atoms with Gasteiger partial charge in [0.05, 0.1) is 0 Å². The van der Waals surface area contributed by atoms with Crippen LogP contribution in [0.5, 0.6) is 0 Å². The van der Waals surface area contributed by atoms with Crippen molar-refractivity contribution in [3.63, 3.8) is 0 Å². The van der Waals surface area contributed by atoms with Crippen molar-refractivity contribution in [1.29, 1.82) is 0 Å². The van der Waals surface area contributed by atoms with Crippen LogP contribution in [0, 0.1) is 11.8 Å². The third-order valence-corrected chi connectivity index (χ3v) is 5.51. The third kappa shape index (κ3) is 1.70. The zero-order valence-electron chi connectivity index (χ0n) is 12.0. The lowest BCUT2D eigenvalue weighted by Crippen LogP contribution is -2.43. The first kappa shape index (κ1) is 11.6. The van der Waals surface area contributed by atoms with Crippen molar-refractivity contribution in [3.8, 4) is 11.1 Å². The summed E-state index contributed by atoms with van der Waals surface area (Å²) in [7, 11) is 0. The molecule has 2 aromatic rings. The molecule has 2 aromatic carbocycles. The van der Waals surface area contributed by atoms with Gasteiger partial charge in [0.2, 0.25) is 0 Å². The summed E-state index contributed by atoms with van der Waals surface area (Å²) in [5, 5.41) is 3.76. The number of benzene rings is 2. The maximum Gasteiger partial charge on any atom is 0.0345 e. The van der Waals surface area contributed by atoms with E-state index in [4.69, 9.17) is 0 Å². The molecule has 21 heavy (non-hydrogen) atoms. The summed E-state index contributed by atoms with van der Waals surface area (Å²) in [5.41, 5.74) is 7.07. The molecule has 3 aliphatic rings. The van der Waals surface area contributed by atoms with Gasteiger partial charge in [-0.2, -0.15) is 0 Å². The quantitative estimate of drug-likeness (QED) is 0.671. The van der Waals surface area contributed by atoms with Crippen LogP contribution < -0.4 is 5.32 Å². The molecule has 1 saturated carbocycles. The minimum Gasteiger partial charge on any atom is -0.382 e. The fourth-order valence-corrected chi connectivity index (χ4v) is 4.33. The highest BCUT2D eigenvalue weighted by Crippen LogP contribution is 2.44. The minimum absolute atomic E-state index is 0.649. The smallest absolute Gasteiger partial charge is 0.0345 e. The van der Waals surface area contributed by atoms with Crippen LogP contribution in [0.25, 0.3) is 11.1 Å². The molecule has 1 fully saturated rings. The van der Waals surface area contributed by atoms with E-state index >= 15 is 0 Å². The van der Waals surface area contributed by atoms with Gasteiger partial charge < -0.3 is 5.32 Å². The molecule has 3 atom stereocenters. The van der Waals surface area contributed by atoms with E-state index in [9.17, 15) is 0 Å². The van der Waals surface area contributed by atoms with Crippen LogP contribution in [0.3, 0.4) is 0 Å². The zero-order chi connectivity index (χ0) is 13.8. The van der Waals surface area contributed by atoms with E-state index < -0.39 is 0 Å². The Kier molecular flexibility index (Phi) is 2.34. The van der Waals surface area contributed by atoms with Crippen molar-refractivity contribution in [2.24, 2.45) is 11.8 Å². The fraction of sp³-hybridized carbons (Fsp3) is 0.300. The second kappa shape index (κ2) is 4.24. The topological polar surface area (TPSA) is 12.0 Å². The number of fused-ring (bicyclic) bond motifs is 4. The Balaban J connectivity index is 1.41. The Morgan fingerprint density at radius 1 is 0.952 bits per heavy atom. The molecule has 1 N–H and O–H groups in total. The first-order valence-electron chi connectivity index (χ1n) is 8.03. The highest BCUT2D eigenvalue weighted by molar-refractivity contribution is 5.78. The predicted molar refractivity (Wildman–Crippen MR) is 87.4 cm³/mol. The van der Waals surface area contributed by atoms with Gasteiger partial charge in [0, 0.05) is 17.6 Å². The van der Waals surface area contributed by atoms with E-state index in [1.165, 1.54) is 40.8 Å². The molecule has 5 rings (SSSR count). The van der Waals surface area contributed by atoms with Crippen LogP contribution in [-0.2, 0) is 6.42 Å². The van der Waals surface area contributed by atoms with Gasteiger partial charge in [-0.05, 0) is 59.6 Å². The van der Waals surface area contributed by atoms with Crippen LogP contribution >= 0.6 is 0 Å². The Morgan fingerprint density at radius 3 is 2.81 bits per heavy atom. The van der Waals surface area contributed by atoms with Crippen LogP contribution in [0.1, 0.15) is 24.0 Å². The molecule has 0 amide bonds. The summed E-state index contributed by atoms with van der Waals surface area (Å²) in [6.45, 7) is 0. The Bertz CT molecular complexity index is 743. The first-order chi connectivity index (χ1) is 10.4. The molecule has 1 heteroatoms. The average molecular weight is 273 g/mol. The number of hydrogen-bond acceptors (Lipinski definition) is 1. The van der Waals surface area contributed by atoms with Crippen molar-refractivity contribution in [3.05, 3.63) is 65.7 Å². The molecule has 0 saturated heterocycles. The van der Waals surface area contributed by atoms with Gasteiger partial charge in [0.1, 0.15) is 0 Å². The van der Waals surface area contributed by atoms with Gasteiger partial charge in [-0.15, -0.1) is 0 Å².